The fourth-order valence-corrected chi connectivity index (χ4v) is 3.97. The number of ether oxygens (including phenoxy) is 1. The van der Waals surface area contributed by atoms with E-state index in [2.05, 4.69) is 24.0 Å². The van der Waals surface area contributed by atoms with Crippen molar-refractivity contribution in [2.45, 2.75) is 25.6 Å². The van der Waals surface area contributed by atoms with E-state index in [0.29, 0.717) is 5.02 Å². The third-order valence-electron chi connectivity index (χ3n) is 4.88. The van der Waals surface area contributed by atoms with Crippen molar-refractivity contribution in [3.63, 3.8) is 0 Å². The summed E-state index contributed by atoms with van der Waals surface area (Å²) in [5, 5.41) is 3.55. The van der Waals surface area contributed by atoms with Gasteiger partial charge in [0.1, 0.15) is 11.3 Å². The van der Waals surface area contributed by atoms with Crippen LogP contribution in [0, 0.1) is 11.8 Å². The average molecular weight is 438 g/mol. The number of rotatable bonds is 1. The fourth-order valence-electron chi connectivity index (χ4n) is 3.59. The molecule has 2 aromatic heterocycles. The van der Waals surface area contributed by atoms with Crippen LogP contribution < -0.4 is 15.3 Å². The van der Waals surface area contributed by atoms with Gasteiger partial charge in [0.25, 0.3) is 0 Å². The van der Waals surface area contributed by atoms with Gasteiger partial charge in [-0.2, -0.15) is 4.57 Å². The van der Waals surface area contributed by atoms with Crippen LogP contribution in [-0.2, 0) is 0 Å². The highest BCUT2D eigenvalue weighted by Gasteiger charge is 2.18. The molecule has 3 nitrogen and oxygen atoms in total. The summed E-state index contributed by atoms with van der Waals surface area (Å²) in [6.45, 7) is 4.00. The number of nitrogens with zero attached hydrogens (tertiary/aromatic N) is 1. The van der Waals surface area contributed by atoms with E-state index >= 15 is 0 Å². The van der Waals surface area contributed by atoms with E-state index in [9.17, 15) is 0 Å². The predicted molar refractivity (Wildman–Crippen MR) is 125 cm³/mol. The van der Waals surface area contributed by atoms with Crippen LogP contribution in [0.1, 0.15) is 31.4 Å². The van der Waals surface area contributed by atoms with Crippen molar-refractivity contribution in [1.82, 2.24) is 4.57 Å². The van der Waals surface area contributed by atoms with E-state index < -0.39 is 0 Å². The van der Waals surface area contributed by atoms with Gasteiger partial charge < -0.3 is 9.26 Å². The van der Waals surface area contributed by atoms with Crippen LogP contribution in [0.4, 0.5) is 0 Å². The van der Waals surface area contributed by atoms with Gasteiger partial charge in [-0.25, -0.2) is 0 Å². The quantitative estimate of drug-likeness (QED) is 0.296. The summed E-state index contributed by atoms with van der Waals surface area (Å²) >= 11 is 12.5. The lowest BCUT2D eigenvalue weighted by atomic mass is 10.1. The van der Waals surface area contributed by atoms with Crippen molar-refractivity contribution in [1.29, 1.82) is 0 Å². The van der Waals surface area contributed by atoms with Crippen LogP contribution in [0.25, 0.3) is 28.6 Å². The number of hydrogen-bond donors (Lipinski definition) is 0. The van der Waals surface area contributed by atoms with Crippen molar-refractivity contribution in [2.24, 2.45) is 0 Å². The zero-order valence-electron chi connectivity index (χ0n) is 17.0. The Morgan fingerprint density at radius 3 is 2.77 bits per heavy atom. The molecule has 0 amide bonds. The molecule has 0 radical (unpaired) electrons. The first kappa shape index (κ1) is 20.5. The highest BCUT2D eigenvalue weighted by atomic mass is 35.5. The molecule has 5 rings (SSSR count). The van der Waals surface area contributed by atoms with E-state index in [-0.39, 0.29) is 5.38 Å². The molecule has 1 aliphatic carbocycles. The lowest BCUT2D eigenvalue weighted by Crippen LogP contribution is -2.31. The molecule has 0 bridgehead atoms. The highest BCUT2D eigenvalue weighted by Crippen LogP contribution is 2.26. The molecule has 0 spiro atoms. The smallest absolute Gasteiger partial charge is 0.166 e. The molecule has 152 valence electrons. The summed E-state index contributed by atoms with van der Waals surface area (Å²) < 4.78 is 13.2. The summed E-state index contributed by atoms with van der Waals surface area (Å²) in [6.07, 6.45) is 4.90. The molecule has 2 aromatic carbocycles. The molecule has 1 unspecified atom stereocenters. The molecule has 0 saturated heterocycles. The van der Waals surface area contributed by atoms with Crippen molar-refractivity contribution in [2.75, 3.05) is 7.11 Å². The fraction of sp³-hybridized carbons (Fsp3) is 0.200. The second-order valence-electron chi connectivity index (χ2n) is 6.65. The maximum absolute atomic E-state index is 6.40. The van der Waals surface area contributed by atoms with Gasteiger partial charge in [-0.1, -0.05) is 55.5 Å². The molecule has 0 N–H and O–H groups in total. The second kappa shape index (κ2) is 8.52. The normalized spacial score (nSPS) is 14.6. The zero-order chi connectivity index (χ0) is 21.3. The van der Waals surface area contributed by atoms with E-state index in [1.165, 1.54) is 0 Å². The van der Waals surface area contributed by atoms with E-state index in [1.54, 1.807) is 7.11 Å². The van der Waals surface area contributed by atoms with Gasteiger partial charge in [0.15, 0.2) is 5.58 Å². The summed E-state index contributed by atoms with van der Waals surface area (Å²) in [7, 11) is 1.65. The van der Waals surface area contributed by atoms with Crippen molar-refractivity contribution in [3.8, 4) is 17.6 Å². The van der Waals surface area contributed by atoms with Crippen molar-refractivity contribution in [3.05, 3.63) is 69.2 Å². The Balaban J connectivity index is 0.00000106. The Hall–Kier alpha value is -2.80. The number of aromatic nitrogens is 1. The van der Waals surface area contributed by atoms with Crippen LogP contribution in [-0.4, -0.2) is 17.1 Å². The number of benzene rings is 2. The lowest BCUT2D eigenvalue weighted by Gasteiger charge is -2.02. The minimum absolute atomic E-state index is 0.0577. The summed E-state index contributed by atoms with van der Waals surface area (Å²) in [6, 6.07) is 13.4. The van der Waals surface area contributed by atoms with Gasteiger partial charge in [0.2, 0.25) is 0 Å². The minimum atomic E-state index is -0.0577. The van der Waals surface area contributed by atoms with E-state index in [4.69, 9.17) is 32.5 Å². The molecule has 5 heteroatoms. The van der Waals surface area contributed by atoms with E-state index in [0.717, 1.165) is 50.4 Å². The molecule has 2 heterocycles. The second-order valence-corrected chi connectivity index (χ2v) is 7.65. The Kier molecular flexibility index (Phi) is 5.81. The lowest BCUT2D eigenvalue weighted by molar-refractivity contribution is 0.402. The number of methoxy groups -OCH3 is 1. The van der Waals surface area contributed by atoms with Crippen LogP contribution in [0.5, 0.6) is 5.75 Å². The molecule has 0 fully saturated rings. The van der Waals surface area contributed by atoms with Gasteiger partial charge >= 0.3 is 0 Å². The summed E-state index contributed by atoms with van der Waals surface area (Å²) in [4.78, 5) is 0. The molecule has 1 aliphatic rings. The Morgan fingerprint density at radius 2 is 1.97 bits per heavy atom. The molecule has 4 aromatic rings. The van der Waals surface area contributed by atoms with Gasteiger partial charge in [0.05, 0.1) is 23.4 Å². The molecule has 30 heavy (non-hydrogen) atoms. The summed E-state index contributed by atoms with van der Waals surface area (Å²) in [5.41, 5.74) is 3.45. The molecule has 0 aliphatic heterocycles. The standard InChI is InChI=1S/C23H15Cl2NO2.C2H6/c1-27-17-4-2-3-14(11-17)5-8-18-20-12-15(24)7-10-21(20)26-23(18)19-9-6-16(25)13-22(19)28-26;1-2/h2-4,6,9-13,15H,7H2,1H3;1-2H3. The van der Waals surface area contributed by atoms with Crippen LogP contribution in [0.3, 0.4) is 0 Å². The monoisotopic (exact) mass is 437 g/mol. The van der Waals surface area contributed by atoms with Gasteiger partial charge in [-0.15, -0.1) is 11.6 Å². The summed E-state index contributed by atoms with van der Waals surface area (Å²) in [5.74, 6) is 7.38. The molecule has 1 atom stereocenters. The number of fused-ring (bicyclic) bond motifs is 5. The average Bonchev–Trinajstić information content (AvgIpc) is 3.27. The Morgan fingerprint density at radius 1 is 1.13 bits per heavy atom. The Bertz CT molecular complexity index is 1420. The zero-order valence-corrected chi connectivity index (χ0v) is 18.5. The minimum Gasteiger partial charge on any atom is -0.497 e. The van der Waals surface area contributed by atoms with E-state index in [1.807, 2.05) is 60.9 Å². The van der Waals surface area contributed by atoms with Crippen LogP contribution >= 0.6 is 23.2 Å². The first-order chi connectivity index (χ1) is 14.6. The maximum Gasteiger partial charge on any atom is 0.166 e. The van der Waals surface area contributed by atoms with Gasteiger partial charge in [0, 0.05) is 27.3 Å². The van der Waals surface area contributed by atoms with Crippen LogP contribution in [0.15, 0.2) is 47.0 Å². The third-order valence-corrected chi connectivity index (χ3v) is 5.42. The van der Waals surface area contributed by atoms with Crippen molar-refractivity contribution < 1.29 is 9.26 Å². The highest BCUT2D eigenvalue weighted by molar-refractivity contribution is 6.31. The third kappa shape index (κ3) is 3.58. The first-order valence-corrected chi connectivity index (χ1v) is 10.7. The Labute approximate surface area is 185 Å². The number of hydrogen-bond acceptors (Lipinski definition) is 2. The number of alkyl halides is 1. The first-order valence-electron chi connectivity index (χ1n) is 9.89. The largest absolute Gasteiger partial charge is 0.497 e. The predicted octanol–water partition coefficient (Wildman–Crippen LogP) is 5.35. The molecular formula is C25H21Cl2NO2. The SMILES string of the molecule is CC.COc1cccc(C#Cc2c3c(n4oc5cc(Cl)ccc5c24)=CCC(Cl)C=3)c1. The van der Waals surface area contributed by atoms with Crippen LogP contribution in [0.2, 0.25) is 5.02 Å². The topological polar surface area (TPSA) is 26.8 Å². The van der Waals surface area contributed by atoms with Gasteiger partial charge in [-0.3, -0.25) is 0 Å². The molecule has 0 saturated carbocycles. The number of halogens is 2. The molecular weight excluding hydrogens is 417 g/mol. The van der Waals surface area contributed by atoms with Crippen molar-refractivity contribution >= 4 is 51.8 Å². The van der Waals surface area contributed by atoms with Gasteiger partial charge in [-0.05, 0) is 36.8 Å². The maximum atomic E-state index is 6.40.